The Bertz CT molecular complexity index is 1620. The molecule has 0 atom stereocenters. The van der Waals surface area contributed by atoms with E-state index in [0.717, 1.165) is 69.0 Å². The fourth-order valence-corrected chi connectivity index (χ4v) is 5.25. The Labute approximate surface area is 221 Å². The Morgan fingerprint density at radius 2 is 1.84 bits per heavy atom. The SMILES string of the molecule is CC(C)(C)CC(=O)Nc1cccc(-c2cnc3[nH]nc(-c4cc5c(N6CCCCC6)nccc5[nH]4)c3c2)c1. The summed E-state index contributed by atoms with van der Waals surface area (Å²) in [5.74, 6) is 1.05. The summed E-state index contributed by atoms with van der Waals surface area (Å²) in [7, 11) is 0. The fraction of sp³-hybridized carbons (Fsp3) is 0.333. The molecule has 0 radical (unpaired) electrons. The van der Waals surface area contributed by atoms with Gasteiger partial charge in [-0.1, -0.05) is 32.9 Å². The molecule has 6 rings (SSSR count). The zero-order valence-electron chi connectivity index (χ0n) is 22.1. The molecule has 1 aliphatic rings. The molecule has 1 saturated heterocycles. The van der Waals surface area contributed by atoms with Crippen LogP contribution >= 0.6 is 0 Å². The number of H-pyrrole nitrogens is 2. The molecule has 4 aromatic heterocycles. The van der Waals surface area contributed by atoms with E-state index in [-0.39, 0.29) is 11.3 Å². The minimum Gasteiger partial charge on any atom is -0.356 e. The lowest BCUT2D eigenvalue weighted by atomic mass is 9.92. The van der Waals surface area contributed by atoms with Crippen molar-refractivity contribution in [3.8, 4) is 22.5 Å². The van der Waals surface area contributed by atoms with E-state index in [1.54, 1.807) is 0 Å². The van der Waals surface area contributed by atoms with Crippen molar-refractivity contribution in [1.82, 2.24) is 25.1 Å². The van der Waals surface area contributed by atoms with Gasteiger partial charge in [0.15, 0.2) is 5.65 Å². The molecule has 194 valence electrons. The van der Waals surface area contributed by atoms with E-state index in [9.17, 15) is 4.79 Å². The van der Waals surface area contributed by atoms with Gasteiger partial charge in [-0.3, -0.25) is 9.89 Å². The first-order valence-corrected chi connectivity index (χ1v) is 13.3. The molecule has 8 nitrogen and oxygen atoms in total. The fourth-order valence-electron chi connectivity index (χ4n) is 5.25. The maximum Gasteiger partial charge on any atom is 0.224 e. The molecule has 1 amide bonds. The molecular formula is C30H33N7O. The highest BCUT2D eigenvalue weighted by molar-refractivity contribution is 5.99. The highest BCUT2D eigenvalue weighted by Gasteiger charge is 2.19. The number of pyridine rings is 2. The summed E-state index contributed by atoms with van der Waals surface area (Å²) >= 11 is 0. The van der Waals surface area contributed by atoms with Gasteiger partial charge in [-0.2, -0.15) is 5.10 Å². The van der Waals surface area contributed by atoms with Gasteiger partial charge in [-0.05, 0) is 60.6 Å². The topological polar surface area (TPSA) is 103 Å². The van der Waals surface area contributed by atoms with Crippen molar-refractivity contribution in [2.45, 2.75) is 46.5 Å². The van der Waals surface area contributed by atoms with E-state index in [1.165, 1.54) is 19.3 Å². The lowest BCUT2D eigenvalue weighted by molar-refractivity contribution is -0.117. The van der Waals surface area contributed by atoms with Crippen molar-refractivity contribution < 1.29 is 4.79 Å². The molecule has 0 bridgehead atoms. The summed E-state index contributed by atoms with van der Waals surface area (Å²) in [5.41, 5.74) is 6.18. The number of amides is 1. The number of anilines is 2. The lowest BCUT2D eigenvalue weighted by Gasteiger charge is -2.28. The standard InChI is InChI=1S/C30H33N7O/c1-30(2,3)17-26(38)33-21-9-7-8-19(14-21)20-15-23-27(35-36-28(23)32-18-20)25-16-22-24(34-25)10-11-31-29(22)37-12-5-4-6-13-37/h7-11,14-16,18,34H,4-6,12-13,17H2,1-3H3,(H,33,38)(H,32,35,36). The van der Waals surface area contributed by atoms with Crippen LogP contribution < -0.4 is 10.2 Å². The maximum atomic E-state index is 12.5. The number of piperidine rings is 1. The highest BCUT2D eigenvalue weighted by atomic mass is 16.1. The van der Waals surface area contributed by atoms with Gasteiger partial charge in [0.05, 0.1) is 11.2 Å². The highest BCUT2D eigenvalue weighted by Crippen LogP contribution is 2.34. The Morgan fingerprint density at radius 1 is 1.00 bits per heavy atom. The molecule has 1 aromatic carbocycles. The first kappa shape index (κ1) is 24.2. The Morgan fingerprint density at radius 3 is 2.66 bits per heavy atom. The number of carbonyl (C=O) groups is 1. The number of aromatic nitrogens is 5. The van der Waals surface area contributed by atoms with E-state index in [2.05, 4.69) is 63.3 Å². The van der Waals surface area contributed by atoms with Gasteiger partial charge in [-0.15, -0.1) is 0 Å². The average Bonchev–Trinajstić information content (AvgIpc) is 3.51. The third-order valence-electron chi connectivity index (χ3n) is 7.02. The van der Waals surface area contributed by atoms with Crippen LogP contribution in [0.1, 0.15) is 46.5 Å². The maximum absolute atomic E-state index is 12.5. The van der Waals surface area contributed by atoms with E-state index in [0.29, 0.717) is 6.42 Å². The number of nitrogens with zero attached hydrogens (tertiary/aromatic N) is 4. The van der Waals surface area contributed by atoms with Crippen LogP contribution in [-0.2, 0) is 4.79 Å². The molecular weight excluding hydrogens is 474 g/mol. The second-order valence-electron chi connectivity index (χ2n) is 11.4. The zero-order chi connectivity index (χ0) is 26.3. The van der Waals surface area contributed by atoms with Crippen LogP contribution in [0.15, 0.2) is 54.9 Å². The molecule has 38 heavy (non-hydrogen) atoms. The van der Waals surface area contributed by atoms with Gasteiger partial charge < -0.3 is 15.2 Å². The number of hydrogen-bond donors (Lipinski definition) is 3. The summed E-state index contributed by atoms with van der Waals surface area (Å²) in [6, 6.07) is 14.2. The van der Waals surface area contributed by atoms with Crippen LogP contribution in [0, 0.1) is 5.41 Å². The quantitative estimate of drug-likeness (QED) is 0.251. The van der Waals surface area contributed by atoms with Gasteiger partial charge in [0.25, 0.3) is 0 Å². The number of nitrogens with one attached hydrogen (secondary N) is 3. The molecule has 0 unspecified atom stereocenters. The van der Waals surface area contributed by atoms with Gasteiger partial charge in [-0.25, -0.2) is 9.97 Å². The molecule has 0 aliphatic carbocycles. The molecule has 1 aliphatic heterocycles. The smallest absolute Gasteiger partial charge is 0.224 e. The summed E-state index contributed by atoms with van der Waals surface area (Å²) in [4.78, 5) is 27.8. The van der Waals surface area contributed by atoms with Gasteiger partial charge in [0.1, 0.15) is 11.5 Å². The van der Waals surface area contributed by atoms with Crippen LogP contribution in [0.2, 0.25) is 0 Å². The normalized spacial score (nSPS) is 14.3. The first-order chi connectivity index (χ1) is 18.3. The number of fused-ring (bicyclic) bond motifs is 2. The lowest BCUT2D eigenvalue weighted by Crippen LogP contribution is -2.30. The third-order valence-corrected chi connectivity index (χ3v) is 7.02. The van der Waals surface area contributed by atoms with Gasteiger partial charge in [0.2, 0.25) is 5.91 Å². The number of benzene rings is 1. The summed E-state index contributed by atoms with van der Waals surface area (Å²) in [6.45, 7) is 8.27. The minimum atomic E-state index is -0.0679. The first-order valence-electron chi connectivity index (χ1n) is 13.3. The van der Waals surface area contributed by atoms with E-state index >= 15 is 0 Å². The predicted molar refractivity (Wildman–Crippen MR) is 153 cm³/mol. The Balaban J connectivity index is 1.33. The predicted octanol–water partition coefficient (Wildman–Crippen LogP) is 6.53. The molecule has 0 spiro atoms. The van der Waals surface area contributed by atoms with Crippen LogP contribution in [0.25, 0.3) is 44.5 Å². The zero-order valence-corrected chi connectivity index (χ0v) is 22.1. The number of aromatic amines is 2. The Kier molecular flexibility index (Phi) is 6.10. The molecule has 1 fully saturated rings. The molecule has 3 N–H and O–H groups in total. The van der Waals surface area contributed by atoms with Crippen LogP contribution in [0.4, 0.5) is 11.5 Å². The monoisotopic (exact) mass is 507 g/mol. The summed E-state index contributed by atoms with van der Waals surface area (Å²) in [6.07, 6.45) is 7.87. The summed E-state index contributed by atoms with van der Waals surface area (Å²) < 4.78 is 0. The largest absolute Gasteiger partial charge is 0.356 e. The average molecular weight is 508 g/mol. The van der Waals surface area contributed by atoms with Crippen molar-refractivity contribution in [3.05, 3.63) is 54.9 Å². The second kappa shape index (κ2) is 9.59. The third kappa shape index (κ3) is 4.86. The van der Waals surface area contributed by atoms with Crippen molar-refractivity contribution in [1.29, 1.82) is 0 Å². The van der Waals surface area contributed by atoms with Crippen molar-refractivity contribution in [3.63, 3.8) is 0 Å². The number of rotatable bonds is 5. The van der Waals surface area contributed by atoms with Crippen molar-refractivity contribution in [2.24, 2.45) is 5.41 Å². The second-order valence-corrected chi connectivity index (χ2v) is 11.4. The van der Waals surface area contributed by atoms with Crippen LogP contribution in [-0.4, -0.2) is 44.1 Å². The molecule has 0 saturated carbocycles. The van der Waals surface area contributed by atoms with E-state index in [1.807, 2.05) is 42.7 Å². The molecule has 5 heterocycles. The van der Waals surface area contributed by atoms with Crippen LogP contribution in [0.3, 0.4) is 0 Å². The van der Waals surface area contributed by atoms with Gasteiger partial charge >= 0.3 is 0 Å². The van der Waals surface area contributed by atoms with E-state index < -0.39 is 0 Å². The number of hydrogen-bond acceptors (Lipinski definition) is 5. The molecule has 5 aromatic rings. The van der Waals surface area contributed by atoms with E-state index in [4.69, 9.17) is 4.98 Å². The van der Waals surface area contributed by atoms with Crippen molar-refractivity contribution >= 4 is 39.3 Å². The Hall–Kier alpha value is -4.20. The van der Waals surface area contributed by atoms with Gasteiger partial charge in [0, 0.05) is 53.9 Å². The van der Waals surface area contributed by atoms with Crippen LogP contribution in [0.5, 0.6) is 0 Å². The van der Waals surface area contributed by atoms with Crippen molar-refractivity contribution in [2.75, 3.05) is 23.3 Å². The minimum absolute atomic E-state index is 0.0116. The number of carbonyl (C=O) groups excluding carboxylic acids is 1. The molecule has 8 heteroatoms. The summed E-state index contributed by atoms with van der Waals surface area (Å²) in [5, 5.41) is 12.8.